The van der Waals surface area contributed by atoms with E-state index in [-0.39, 0.29) is 17.3 Å². The average molecular weight is 355 g/mol. The maximum atomic E-state index is 13.1. The van der Waals surface area contributed by atoms with Crippen molar-refractivity contribution in [1.29, 1.82) is 0 Å². The zero-order chi connectivity index (χ0) is 16.8. The Morgan fingerprint density at radius 3 is 2.17 bits per heavy atom. The lowest BCUT2D eigenvalue weighted by Crippen LogP contribution is -2.39. The molecule has 0 radical (unpaired) electrons. The molecule has 1 fully saturated rings. The summed E-state index contributed by atoms with van der Waals surface area (Å²) < 4.78 is 38.8. The van der Waals surface area contributed by atoms with Crippen molar-refractivity contribution < 1.29 is 12.8 Å². The quantitative estimate of drug-likeness (QED) is 0.880. The summed E-state index contributed by atoms with van der Waals surface area (Å²) in [7, 11) is -3.67. The van der Waals surface area contributed by atoms with Crippen LogP contribution in [0, 0.1) is 5.82 Å². The van der Waals surface area contributed by atoms with Crippen molar-refractivity contribution in [1.82, 2.24) is 0 Å². The Morgan fingerprint density at radius 2 is 1.65 bits per heavy atom. The molecule has 0 spiro atoms. The van der Waals surface area contributed by atoms with E-state index in [9.17, 15) is 12.8 Å². The van der Waals surface area contributed by atoms with E-state index in [1.165, 1.54) is 36.4 Å². The zero-order valence-corrected chi connectivity index (χ0v) is 13.7. The number of rotatable bonds is 4. The van der Waals surface area contributed by atoms with Gasteiger partial charge in [0.15, 0.2) is 9.84 Å². The lowest BCUT2D eigenvalue weighted by Gasteiger charge is -2.09. The lowest BCUT2D eigenvalue weighted by atomic mass is 10.1. The molecule has 3 unspecified atom stereocenters. The predicted molar refractivity (Wildman–Crippen MR) is 87.5 cm³/mol. The predicted octanol–water partition coefficient (Wildman–Crippen LogP) is 2.08. The fourth-order valence-corrected chi connectivity index (χ4v) is 5.51. The van der Waals surface area contributed by atoms with E-state index in [1.807, 2.05) is 0 Å². The van der Waals surface area contributed by atoms with Gasteiger partial charge in [-0.25, -0.2) is 12.8 Å². The van der Waals surface area contributed by atoms with Gasteiger partial charge in [-0.1, -0.05) is 23.7 Å². The minimum atomic E-state index is -3.67. The Bertz CT molecular complexity index is 824. The minimum Gasteiger partial charge on any atom is -0.329 e. The summed E-state index contributed by atoms with van der Waals surface area (Å²) in [6.07, 6.45) is 0. The second kappa shape index (κ2) is 5.56. The topological polar surface area (TPSA) is 86.2 Å². The smallest absolute Gasteiger partial charge is 0.183 e. The Labute approximate surface area is 139 Å². The molecule has 0 aliphatic heterocycles. The van der Waals surface area contributed by atoms with Crippen LogP contribution in [0.1, 0.15) is 11.5 Å². The summed E-state index contributed by atoms with van der Waals surface area (Å²) in [4.78, 5) is 0.153. The van der Waals surface area contributed by atoms with Gasteiger partial charge in [0, 0.05) is 17.5 Å². The van der Waals surface area contributed by atoms with E-state index < -0.39 is 26.5 Å². The highest BCUT2D eigenvalue weighted by Crippen LogP contribution is 2.55. The third-order valence-electron chi connectivity index (χ3n) is 4.36. The van der Waals surface area contributed by atoms with Crippen LogP contribution in [0.2, 0.25) is 5.02 Å². The molecule has 3 rings (SSSR count). The normalized spacial score (nSPS) is 27.0. The summed E-state index contributed by atoms with van der Waals surface area (Å²) in [6, 6.07) is 11.6. The van der Waals surface area contributed by atoms with Crippen molar-refractivity contribution in [2.45, 2.75) is 21.6 Å². The molecule has 0 bridgehead atoms. The molecule has 23 heavy (non-hydrogen) atoms. The molecular weight excluding hydrogens is 339 g/mol. The number of hydrogen-bond donors (Lipinski definition) is 2. The Balaban J connectivity index is 2.01. The summed E-state index contributed by atoms with van der Waals surface area (Å²) >= 11 is 5.80. The van der Waals surface area contributed by atoms with Crippen LogP contribution >= 0.6 is 11.6 Å². The first-order valence-corrected chi connectivity index (χ1v) is 8.97. The maximum absolute atomic E-state index is 13.1. The van der Waals surface area contributed by atoms with Crippen LogP contribution < -0.4 is 11.5 Å². The van der Waals surface area contributed by atoms with Gasteiger partial charge in [0.2, 0.25) is 0 Å². The lowest BCUT2D eigenvalue weighted by molar-refractivity contribution is 0.586. The van der Waals surface area contributed by atoms with Gasteiger partial charge in [0.25, 0.3) is 0 Å². The SMILES string of the molecule is NCC1(N)C(c2ccc(F)cc2)C1S(=O)(=O)c1ccc(Cl)cc1. The monoisotopic (exact) mass is 354 g/mol. The first kappa shape index (κ1) is 16.4. The molecule has 1 aliphatic carbocycles. The maximum Gasteiger partial charge on any atom is 0.183 e. The van der Waals surface area contributed by atoms with Gasteiger partial charge in [-0.15, -0.1) is 0 Å². The molecular formula is C16H16ClFN2O2S. The van der Waals surface area contributed by atoms with Crippen LogP contribution in [0.5, 0.6) is 0 Å². The van der Waals surface area contributed by atoms with Crippen molar-refractivity contribution in [2.24, 2.45) is 11.5 Å². The van der Waals surface area contributed by atoms with Gasteiger partial charge in [0.1, 0.15) is 5.82 Å². The summed E-state index contributed by atoms with van der Waals surface area (Å²) in [5.74, 6) is -0.851. The van der Waals surface area contributed by atoms with Crippen LogP contribution in [0.25, 0.3) is 0 Å². The third kappa shape index (κ3) is 2.65. The summed E-state index contributed by atoms with van der Waals surface area (Å²) in [5, 5.41) is -0.390. The fourth-order valence-electron chi connectivity index (χ4n) is 3.06. The largest absolute Gasteiger partial charge is 0.329 e. The second-order valence-electron chi connectivity index (χ2n) is 5.77. The molecule has 4 nitrogen and oxygen atoms in total. The number of sulfone groups is 1. The number of hydrogen-bond acceptors (Lipinski definition) is 4. The Kier molecular flexibility index (Phi) is 3.96. The highest BCUT2D eigenvalue weighted by molar-refractivity contribution is 7.92. The highest BCUT2D eigenvalue weighted by atomic mass is 35.5. The van der Waals surface area contributed by atoms with E-state index >= 15 is 0 Å². The summed E-state index contributed by atoms with van der Waals surface area (Å²) in [5.41, 5.74) is 11.6. The number of nitrogens with two attached hydrogens (primary N) is 2. The van der Waals surface area contributed by atoms with Crippen LogP contribution in [0.3, 0.4) is 0 Å². The van der Waals surface area contributed by atoms with Gasteiger partial charge in [0.05, 0.1) is 15.7 Å². The minimum absolute atomic E-state index is 0.0204. The van der Waals surface area contributed by atoms with Gasteiger partial charge in [-0.05, 0) is 42.0 Å². The first-order chi connectivity index (χ1) is 10.8. The Hall–Kier alpha value is -1.47. The highest BCUT2D eigenvalue weighted by Gasteiger charge is 2.68. The molecule has 0 saturated heterocycles. The average Bonchev–Trinajstić information content (AvgIpc) is 3.16. The van der Waals surface area contributed by atoms with Crippen LogP contribution in [0.15, 0.2) is 53.4 Å². The van der Waals surface area contributed by atoms with Gasteiger partial charge in [-0.2, -0.15) is 0 Å². The van der Waals surface area contributed by atoms with E-state index in [1.54, 1.807) is 12.1 Å². The van der Waals surface area contributed by atoms with Crippen molar-refractivity contribution in [3.05, 3.63) is 64.9 Å². The van der Waals surface area contributed by atoms with Crippen LogP contribution in [0.4, 0.5) is 4.39 Å². The number of benzene rings is 2. The van der Waals surface area contributed by atoms with Gasteiger partial charge >= 0.3 is 0 Å². The van der Waals surface area contributed by atoms with Gasteiger partial charge < -0.3 is 11.5 Å². The molecule has 122 valence electrons. The molecule has 1 saturated carbocycles. The molecule has 4 N–H and O–H groups in total. The second-order valence-corrected chi connectivity index (χ2v) is 8.27. The third-order valence-corrected chi connectivity index (χ3v) is 6.92. The van der Waals surface area contributed by atoms with E-state index in [0.717, 1.165) is 0 Å². The van der Waals surface area contributed by atoms with Crippen LogP contribution in [-0.2, 0) is 9.84 Å². The molecule has 0 aromatic heterocycles. The van der Waals surface area contributed by atoms with Crippen molar-refractivity contribution >= 4 is 21.4 Å². The molecule has 0 heterocycles. The Morgan fingerprint density at radius 1 is 1.09 bits per heavy atom. The fraction of sp³-hybridized carbons (Fsp3) is 0.250. The molecule has 3 atom stereocenters. The first-order valence-electron chi connectivity index (χ1n) is 7.04. The molecule has 0 amide bonds. The summed E-state index contributed by atoms with van der Waals surface area (Å²) in [6.45, 7) is 0.0204. The van der Waals surface area contributed by atoms with Crippen molar-refractivity contribution in [3.8, 4) is 0 Å². The van der Waals surface area contributed by atoms with Crippen molar-refractivity contribution in [3.63, 3.8) is 0 Å². The molecule has 7 heteroatoms. The van der Waals surface area contributed by atoms with E-state index in [0.29, 0.717) is 10.6 Å². The standard InChI is InChI=1S/C16H16ClFN2O2S/c17-11-3-7-13(8-4-11)23(21,22)15-14(16(15,20)9-19)10-1-5-12(18)6-2-10/h1-8,14-15H,9,19-20H2. The molecule has 2 aromatic carbocycles. The van der Waals surface area contributed by atoms with Gasteiger partial charge in [-0.3, -0.25) is 0 Å². The number of halogens is 2. The van der Waals surface area contributed by atoms with E-state index in [2.05, 4.69) is 0 Å². The molecule has 2 aromatic rings. The zero-order valence-electron chi connectivity index (χ0n) is 12.1. The van der Waals surface area contributed by atoms with Crippen molar-refractivity contribution in [2.75, 3.05) is 6.54 Å². The van der Waals surface area contributed by atoms with E-state index in [4.69, 9.17) is 23.1 Å². The molecule has 1 aliphatic rings. The van der Waals surface area contributed by atoms with Crippen LogP contribution in [-0.4, -0.2) is 25.8 Å².